The number of likely N-dealkylation sites (tertiary alicyclic amines) is 1. The SMILES string of the molecule is CN(CCOCC(=O)N1CCc2sc(CN3CCC3)cc2C1)C1CC1. The molecular weight excluding hydrogens is 334 g/mol. The maximum atomic E-state index is 12.4. The summed E-state index contributed by atoms with van der Waals surface area (Å²) in [6.45, 7) is 6.95. The molecule has 1 amide bonds. The lowest BCUT2D eigenvalue weighted by atomic mass is 10.1. The van der Waals surface area contributed by atoms with Gasteiger partial charge in [-0.3, -0.25) is 9.69 Å². The molecule has 2 aliphatic heterocycles. The van der Waals surface area contributed by atoms with Crippen molar-refractivity contribution in [3.8, 4) is 0 Å². The Labute approximate surface area is 154 Å². The first-order valence-corrected chi connectivity index (χ1v) is 10.4. The van der Waals surface area contributed by atoms with Crippen LogP contribution in [-0.4, -0.2) is 73.1 Å². The zero-order valence-corrected chi connectivity index (χ0v) is 16.0. The molecule has 0 bridgehead atoms. The smallest absolute Gasteiger partial charge is 0.248 e. The normalized spacial score (nSPS) is 20.6. The molecule has 2 fully saturated rings. The minimum atomic E-state index is 0.134. The van der Waals surface area contributed by atoms with Crippen molar-refractivity contribution >= 4 is 17.2 Å². The van der Waals surface area contributed by atoms with E-state index in [1.165, 1.54) is 47.7 Å². The number of ether oxygens (including phenoxy) is 1. The number of hydrogen-bond donors (Lipinski definition) is 0. The Bertz CT molecular complexity index is 610. The molecule has 0 atom stereocenters. The van der Waals surface area contributed by atoms with E-state index in [9.17, 15) is 4.79 Å². The number of nitrogens with zero attached hydrogens (tertiary/aromatic N) is 3. The average Bonchev–Trinajstić information content (AvgIpc) is 3.34. The third-order valence-electron chi connectivity index (χ3n) is 5.58. The number of carbonyl (C=O) groups excluding carboxylic acids is 1. The van der Waals surface area contributed by atoms with Gasteiger partial charge < -0.3 is 14.5 Å². The van der Waals surface area contributed by atoms with Crippen molar-refractivity contribution in [2.45, 2.75) is 44.8 Å². The number of amides is 1. The van der Waals surface area contributed by atoms with Crippen LogP contribution in [0.3, 0.4) is 0 Å². The highest BCUT2D eigenvalue weighted by molar-refractivity contribution is 7.12. The maximum Gasteiger partial charge on any atom is 0.248 e. The minimum Gasteiger partial charge on any atom is -0.370 e. The van der Waals surface area contributed by atoms with Crippen molar-refractivity contribution < 1.29 is 9.53 Å². The summed E-state index contributed by atoms with van der Waals surface area (Å²) in [5.74, 6) is 0.134. The van der Waals surface area contributed by atoms with Gasteiger partial charge in [-0.05, 0) is 57.5 Å². The standard InChI is InChI=1S/C19H29N3O2S/c1-20(16-3-4-16)9-10-24-14-19(23)22-8-5-18-15(12-22)11-17(25-18)13-21-6-2-7-21/h11,16H,2-10,12-14H2,1H3. The highest BCUT2D eigenvalue weighted by Gasteiger charge is 2.26. The largest absolute Gasteiger partial charge is 0.370 e. The van der Waals surface area contributed by atoms with Crippen LogP contribution >= 0.6 is 11.3 Å². The van der Waals surface area contributed by atoms with E-state index in [1.807, 2.05) is 16.2 Å². The topological polar surface area (TPSA) is 36.0 Å². The van der Waals surface area contributed by atoms with Gasteiger partial charge in [0, 0.05) is 42.0 Å². The summed E-state index contributed by atoms with van der Waals surface area (Å²) < 4.78 is 5.63. The number of hydrogen-bond acceptors (Lipinski definition) is 5. The van der Waals surface area contributed by atoms with Gasteiger partial charge in [0.2, 0.25) is 5.91 Å². The van der Waals surface area contributed by atoms with E-state index in [4.69, 9.17) is 4.74 Å². The molecule has 1 aliphatic carbocycles. The number of fused-ring (bicyclic) bond motifs is 1. The Morgan fingerprint density at radius 2 is 2.20 bits per heavy atom. The zero-order chi connectivity index (χ0) is 17.2. The van der Waals surface area contributed by atoms with Crippen molar-refractivity contribution in [3.63, 3.8) is 0 Å². The number of carbonyl (C=O) groups is 1. The molecule has 6 heteroatoms. The zero-order valence-electron chi connectivity index (χ0n) is 15.2. The van der Waals surface area contributed by atoms with Crippen molar-refractivity contribution in [3.05, 3.63) is 21.4 Å². The van der Waals surface area contributed by atoms with Gasteiger partial charge in [-0.15, -0.1) is 11.3 Å². The number of likely N-dealkylation sites (N-methyl/N-ethyl adjacent to an activating group) is 1. The lowest BCUT2D eigenvalue weighted by molar-refractivity contribution is -0.137. The lowest BCUT2D eigenvalue weighted by Gasteiger charge is -2.29. The summed E-state index contributed by atoms with van der Waals surface area (Å²) >= 11 is 1.94. The van der Waals surface area contributed by atoms with Crippen LogP contribution in [-0.2, 0) is 29.0 Å². The first-order valence-electron chi connectivity index (χ1n) is 9.57. The highest BCUT2D eigenvalue weighted by Crippen LogP contribution is 2.30. The summed E-state index contributed by atoms with van der Waals surface area (Å²) in [7, 11) is 2.14. The Kier molecular flexibility index (Phi) is 5.41. The molecule has 3 heterocycles. The molecule has 1 saturated heterocycles. The van der Waals surface area contributed by atoms with Gasteiger partial charge in [0.15, 0.2) is 0 Å². The van der Waals surface area contributed by atoms with Crippen LogP contribution in [0.5, 0.6) is 0 Å². The van der Waals surface area contributed by atoms with Gasteiger partial charge in [0.1, 0.15) is 6.61 Å². The molecule has 0 spiro atoms. The fourth-order valence-corrected chi connectivity index (χ4v) is 4.82. The first kappa shape index (κ1) is 17.5. The highest BCUT2D eigenvalue weighted by atomic mass is 32.1. The number of thiophene rings is 1. The van der Waals surface area contributed by atoms with Crippen LogP contribution in [0.15, 0.2) is 6.07 Å². The Hall–Kier alpha value is -0.950. The van der Waals surface area contributed by atoms with E-state index in [1.54, 1.807) is 0 Å². The van der Waals surface area contributed by atoms with Crippen molar-refractivity contribution in [2.75, 3.05) is 46.4 Å². The van der Waals surface area contributed by atoms with E-state index in [0.29, 0.717) is 6.61 Å². The number of rotatable bonds is 8. The van der Waals surface area contributed by atoms with Crippen LogP contribution < -0.4 is 0 Å². The fourth-order valence-electron chi connectivity index (χ4n) is 3.60. The van der Waals surface area contributed by atoms with Crippen molar-refractivity contribution in [2.24, 2.45) is 0 Å². The van der Waals surface area contributed by atoms with E-state index in [-0.39, 0.29) is 12.5 Å². The van der Waals surface area contributed by atoms with E-state index < -0.39 is 0 Å². The molecule has 0 radical (unpaired) electrons. The summed E-state index contributed by atoms with van der Waals surface area (Å²) in [6, 6.07) is 3.08. The molecule has 1 aromatic heterocycles. The minimum absolute atomic E-state index is 0.134. The quantitative estimate of drug-likeness (QED) is 0.662. The molecule has 0 N–H and O–H groups in total. The summed E-state index contributed by atoms with van der Waals surface area (Å²) in [5.41, 5.74) is 1.36. The van der Waals surface area contributed by atoms with Gasteiger partial charge in [0.25, 0.3) is 0 Å². The predicted octanol–water partition coefficient (Wildman–Crippen LogP) is 1.95. The van der Waals surface area contributed by atoms with Crippen molar-refractivity contribution in [1.29, 1.82) is 0 Å². The third kappa shape index (κ3) is 4.42. The van der Waals surface area contributed by atoms with Crippen LogP contribution in [0.2, 0.25) is 0 Å². The second-order valence-electron chi connectivity index (χ2n) is 7.62. The Morgan fingerprint density at radius 1 is 1.36 bits per heavy atom. The lowest BCUT2D eigenvalue weighted by Crippen LogP contribution is -2.38. The summed E-state index contributed by atoms with van der Waals surface area (Å²) in [6.07, 6.45) is 4.96. The second-order valence-corrected chi connectivity index (χ2v) is 8.84. The molecule has 5 nitrogen and oxygen atoms in total. The van der Waals surface area contributed by atoms with Gasteiger partial charge in [-0.25, -0.2) is 0 Å². The summed E-state index contributed by atoms with van der Waals surface area (Å²) in [4.78, 5) is 22.2. The first-order chi connectivity index (χ1) is 12.2. The molecule has 4 rings (SSSR count). The fraction of sp³-hybridized carbons (Fsp3) is 0.737. The molecule has 0 unspecified atom stereocenters. The maximum absolute atomic E-state index is 12.4. The van der Waals surface area contributed by atoms with Gasteiger partial charge >= 0.3 is 0 Å². The molecule has 25 heavy (non-hydrogen) atoms. The predicted molar refractivity (Wildman–Crippen MR) is 99.8 cm³/mol. The van der Waals surface area contributed by atoms with Crippen LogP contribution in [0.25, 0.3) is 0 Å². The average molecular weight is 364 g/mol. The van der Waals surface area contributed by atoms with Gasteiger partial charge in [-0.1, -0.05) is 0 Å². The second kappa shape index (κ2) is 7.74. The summed E-state index contributed by atoms with van der Waals surface area (Å²) in [5, 5.41) is 0. The Morgan fingerprint density at radius 3 is 2.92 bits per heavy atom. The monoisotopic (exact) mass is 363 g/mol. The van der Waals surface area contributed by atoms with E-state index in [2.05, 4.69) is 22.9 Å². The van der Waals surface area contributed by atoms with Crippen LogP contribution in [0, 0.1) is 0 Å². The molecular formula is C19H29N3O2S. The van der Waals surface area contributed by atoms with Crippen LogP contribution in [0.4, 0.5) is 0 Å². The molecule has 138 valence electrons. The van der Waals surface area contributed by atoms with Gasteiger partial charge in [0.05, 0.1) is 6.61 Å². The van der Waals surface area contributed by atoms with Gasteiger partial charge in [-0.2, -0.15) is 0 Å². The Balaban J connectivity index is 1.21. The van der Waals surface area contributed by atoms with E-state index in [0.717, 1.165) is 38.6 Å². The molecule has 1 aromatic rings. The van der Waals surface area contributed by atoms with E-state index >= 15 is 0 Å². The molecule has 3 aliphatic rings. The van der Waals surface area contributed by atoms with Crippen LogP contribution in [0.1, 0.15) is 34.6 Å². The third-order valence-corrected chi connectivity index (χ3v) is 6.80. The molecule has 1 saturated carbocycles. The molecule has 0 aromatic carbocycles. The van der Waals surface area contributed by atoms with Crippen molar-refractivity contribution in [1.82, 2.24) is 14.7 Å².